The van der Waals surface area contributed by atoms with Crippen LogP contribution >= 0.6 is 0 Å². The van der Waals surface area contributed by atoms with Crippen LogP contribution in [0.4, 0.5) is 0 Å². The summed E-state index contributed by atoms with van der Waals surface area (Å²) in [6.07, 6.45) is -0.369. The maximum absolute atomic E-state index is 10.8. The Labute approximate surface area is 247 Å². The van der Waals surface area contributed by atoms with Crippen LogP contribution in [0.3, 0.4) is 0 Å². The zero-order valence-corrected chi connectivity index (χ0v) is 25.9. The number of carbonyl (C=O) groups excluding carboxylic acids is 3. The Morgan fingerprint density at radius 3 is 1.45 bits per heavy atom. The fraction of sp³-hybridized carbons (Fsp3) is 0.857. The summed E-state index contributed by atoms with van der Waals surface area (Å²) in [6, 6.07) is 0. The standard InChI is InChI=1S/2C7H14O6S.C6H12O6S.CH4/c1-6(2)3-12-5-13-7(8)4-14(9,10)11;1-6(2)13-7(8)5-12-3-4-14(9,10)11;1-5(2)11-4-12-6(7)3-13(8,9)10;/h2*6H,3-5H2,1-2H3,(H,9,10,11);5H,3-4H2,1-2H3,(H,8,9,10);1H4/p-3. The van der Waals surface area contributed by atoms with Crippen LogP contribution in [0.1, 0.15) is 49.0 Å². The fourth-order valence-corrected chi connectivity index (χ4v) is 2.68. The number of ether oxygens (including phenoxy) is 6. The van der Waals surface area contributed by atoms with E-state index >= 15 is 0 Å². The topological polar surface area (TPSA) is 278 Å². The third kappa shape index (κ3) is 47.8. The van der Waals surface area contributed by atoms with Gasteiger partial charge in [-0.15, -0.1) is 0 Å². The van der Waals surface area contributed by atoms with Crippen molar-refractivity contribution >= 4 is 48.3 Å². The third-order valence-electron chi connectivity index (χ3n) is 3.03. The van der Waals surface area contributed by atoms with Crippen LogP contribution in [0.2, 0.25) is 0 Å². The van der Waals surface area contributed by atoms with E-state index in [0.29, 0.717) is 6.61 Å². The van der Waals surface area contributed by atoms with Gasteiger partial charge in [0.15, 0.2) is 13.6 Å². The maximum atomic E-state index is 10.8. The van der Waals surface area contributed by atoms with Gasteiger partial charge < -0.3 is 42.1 Å². The minimum atomic E-state index is -4.56. The van der Waals surface area contributed by atoms with Crippen molar-refractivity contribution in [1.29, 1.82) is 0 Å². The molecule has 0 aliphatic heterocycles. The Bertz CT molecular complexity index is 1060. The molecule has 0 saturated heterocycles. The maximum Gasteiger partial charge on any atom is 0.332 e. The predicted molar refractivity (Wildman–Crippen MR) is 141 cm³/mol. The molecule has 0 aliphatic rings. The lowest BCUT2D eigenvalue weighted by molar-refractivity contribution is -0.156. The van der Waals surface area contributed by atoms with Crippen molar-refractivity contribution in [3.05, 3.63) is 0 Å². The molecule has 0 aromatic carbocycles. The Kier molecular flexibility index (Phi) is 27.4. The van der Waals surface area contributed by atoms with E-state index in [1.54, 1.807) is 27.7 Å². The zero-order valence-electron chi connectivity index (χ0n) is 23.5. The Hall–Kier alpha value is -1.98. The van der Waals surface area contributed by atoms with Crippen molar-refractivity contribution in [2.24, 2.45) is 5.92 Å². The number of hydrogen-bond donors (Lipinski definition) is 0. The van der Waals surface area contributed by atoms with Crippen LogP contribution in [0.5, 0.6) is 0 Å². The van der Waals surface area contributed by atoms with Crippen molar-refractivity contribution in [3.8, 4) is 0 Å². The number of esters is 3. The summed E-state index contributed by atoms with van der Waals surface area (Å²) < 4.78 is 118. The van der Waals surface area contributed by atoms with E-state index in [1.807, 2.05) is 13.8 Å². The Morgan fingerprint density at radius 2 is 1.10 bits per heavy atom. The SMILES string of the molecule is C.CC(C)COCOC(=O)CS(=O)(=O)[O-].CC(C)OC(=O)COCCS(=O)(=O)[O-].CC(C)OCOC(=O)CS(=O)(=O)[O-]. The van der Waals surface area contributed by atoms with Gasteiger partial charge in [0, 0.05) is 0 Å². The normalized spacial score (nSPS) is 11.4. The molecular formula is C21H41O18S3-3. The number of hydrogen-bond acceptors (Lipinski definition) is 18. The molecule has 0 atom stereocenters. The van der Waals surface area contributed by atoms with Crippen molar-refractivity contribution in [2.45, 2.75) is 61.2 Å². The molecule has 0 fully saturated rings. The van der Waals surface area contributed by atoms with Gasteiger partial charge in [0.25, 0.3) is 0 Å². The second-order valence-electron chi connectivity index (χ2n) is 8.51. The van der Waals surface area contributed by atoms with Crippen LogP contribution < -0.4 is 0 Å². The van der Waals surface area contributed by atoms with E-state index in [4.69, 9.17) is 14.2 Å². The molecule has 42 heavy (non-hydrogen) atoms. The van der Waals surface area contributed by atoms with Crippen LogP contribution in [-0.2, 0) is 73.2 Å². The van der Waals surface area contributed by atoms with Gasteiger partial charge in [-0.25, -0.2) is 30.0 Å². The molecule has 0 radical (unpaired) electrons. The summed E-state index contributed by atoms with van der Waals surface area (Å²) in [4.78, 5) is 32.0. The summed E-state index contributed by atoms with van der Waals surface area (Å²) in [7, 11) is -13.4. The zero-order chi connectivity index (χ0) is 32.9. The minimum Gasteiger partial charge on any atom is -0.748 e. The summed E-state index contributed by atoms with van der Waals surface area (Å²) in [5, 5.41) is 0. The molecular weight excluding hydrogens is 636 g/mol. The lowest BCUT2D eigenvalue weighted by atomic mass is 10.2. The van der Waals surface area contributed by atoms with Gasteiger partial charge in [0.05, 0.1) is 41.3 Å². The first kappa shape index (κ1) is 47.0. The van der Waals surface area contributed by atoms with E-state index in [0.717, 1.165) is 0 Å². The second kappa shape index (κ2) is 24.5. The molecule has 0 aromatic rings. The van der Waals surface area contributed by atoms with E-state index in [-0.39, 0.29) is 52.4 Å². The monoisotopic (exact) mass is 677 g/mol. The molecule has 0 spiro atoms. The first-order valence-corrected chi connectivity index (χ1v) is 16.2. The van der Waals surface area contributed by atoms with Crippen LogP contribution in [0.25, 0.3) is 0 Å². The summed E-state index contributed by atoms with van der Waals surface area (Å²) in [5.74, 6) is -5.44. The summed E-state index contributed by atoms with van der Waals surface area (Å²) in [5.41, 5.74) is 0. The highest BCUT2D eigenvalue weighted by Crippen LogP contribution is 1.94. The molecule has 21 heteroatoms. The molecule has 18 nitrogen and oxygen atoms in total. The van der Waals surface area contributed by atoms with Crippen molar-refractivity contribution in [2.75, 3.05) is 50.7 Å². The van der Waals surface area contributed by atoms with Gasteiger partial charge in [0.2, 0.25) is 0 Å². The van der Waals surface area contributed by atoms with Crippen molar-refractivity contribution < 1.29 is 81.7 Å². The lowest BCUT2D eigenvalue weighted by Crippen LogP contribution is -2.20. The molecule has 0 unspecified atom stereocenters. The quantitative estimate of drug-likeness (QED) is 0.0604. The summed E-state index contributed by atoms with van der Waals surface area (Å²) in [6.45, 7) is 9.72. The molecule has 0 N–H and O–H groups in total. The molecule has 0 aliphatic carbocycles. The molecule has 0 bridgehead atoms. The van der Waals surface area contributed by atoms with Gasteiger partial charge in [0.1, 0.15) is 38.3 Å². The minimum absolute atomic E-state index is 0. The highest BCUT2D eigenvalue weighted by Gasteiger charge is 2.09. The number of rotatable bonds is 17. The average Bonchev–Trinajstić information content (AvgIpc) is 2.71. The second-order valence-corrected chi connectivity index (χ2v) is 12.8. The largest absolute Gasteiger partial charge is 0.748 e. The molecule has 0 amide bonds. The summed E-state index contributed by atoms with van der Waals surface area (Å²) >= 11 is 0. The van der Waals surface area contributed by atoms with E-state index < -0.39 is 65.5 Å². The Morgan fingerprint density at radius 1 is 0.643 bits per heavy atom. The van der Waals surface area contributed by atoms with Crippen molar-refractivity contribution in [3.63, 3.8) is 0 Å². The van der Waals surface area contributed by atoms with Gasteiger partial charge in [-0.1, -0.05) is 21.3 Å². The van der Waals surface area contributed by atoms with E-state index in [2.05, 4.69) is 14.2 Å². The van der Waals surface area contributed by atoms with Crippen LogP contribution in [-0.4, -0.2) is 120 Å². The van der Waals surface area contributed by atoms with E-state index in [9.17, 15) is 53.3 Å². The van der Waals surface area contributed by atoms with Crippen LogP contribution in [0, 0.1) is 5.92 Å². The highest BCUT2D eigenvalue weighted by molar-refractivity contribution is 7.86. The van der Waals surface area contributed by atoms with Gasteiger partial charge in [-0.2, -0.15) is 0 Å². The molecule has 0 saturated carbocycles. The van der Waals surface area contributed by atoms with Gasteiger partial charge >= 0.3 is 17.9 Å². The van der Waals surface area contributed by atoms with Gasteiger partial charge in [-0.05, 0) is 33.6 Å². The van der Waals surface area contributed by atoms with E-state index in [1.165, 1.54) is 0 Å². The molecule has 254 valence electrons. The predicted octanol–water partition coefficient (Wildman–Crippen LogP) is -0.702. The highest BCUT2D eigenvalue weighted by atomic mass is 32.2. The van der Waals surface area contributed by atoms with Gasteiger partial charge in [-0.3, -0.25) is 9.59 Å². The Balaban J connectivity index is -0.000000255. The van der Waals surface area contributed by atoms with Crippen molar-refractivity contribution in [1.82, 2.24) is 0 Å². The number of carbonyl (C=O) groups is 3. The average molecular weight is 678 g/mol. The first-order chi connectivity index (χ1) is 18.4. The molecule has 0 heterocycles. The van der Waals surface area contributed by atoms with Crippen LogP contribution in [0.15, 0.2) is 0 Å². The molecule has 0 rings (SSSR count). The lowest BCUT2D eigenvalue weighted by Gasteiger charge is -2.09. The molecule has 0 aromatic heterocycles. The smallest absolute Gasteiger partial charge is 0.332 e. The third-order valence-corrected chi connectivity index (χ3v) is 4.87. The fourth-order valence-electron chi connectivity index (χ4n) is 1.61. The first-order valence-electron chi connectivity index (χ1n) is 11.5.